The van der Waals surface area contributed by atoms with Gasteiger partial charge in [-0.3, -0.25) is 14.5 Å². The lowest BCUT2D eigenvalue weighted by molar-refractivity contribution is -0.123. The number of rotatable bonds is 1. The SMILES string of the molecule is Cc1cc(C)cc(N2C(=O)[C@@H]3[C@@H]4CC[C@@H](C4)[C@@H]3C2=O)c1. The van der Waals surface area contributed by atoms with E-state index in [4.69, 9.17) is 0 Å². The van der Waals surface area contributed by atoms with E-state index < -0.39 is 0 Å². The number of nitrogens with zero attached hydrogens (tertiary/aromatic N) is 1. The summed E-state index contributed by atoms with van der Waals surface area (Å²) in [6.07, 6.45) is 3.35. The van der Waals surface area contributed by atoms with Gasteiger partial charge in [-0.15, -0.1) is 0 Å². The second-order valence-electron chi connectivity index (χ2n) is 6.74. The Morgan fingerprint density at radius 1 is 0.900 bits per heavy atom. The van der Waals surface area contributed by atoms with Crippen molar-refractivity contribution in [2.24, 2.45) is 23.7 Å². The molecule has 1 saturated heterocycles. The number of carbonyl (C=O) groups excluding carboxylic acids is 2. The molecule has 2 bridgehead atoms. The molecule has 0 aromatic heterocycles. The van der Waals surface area contributed by atoms with Crippen molar-refractivity contribution in [3.05, 3.63) is 29.3 Å². The molecule has 1 aliphatic heterocycles. The van der Waals surface area contributed by atoms with Gasteiger partial charge in [-0.2, -0.15) is 0 Å². The van der Waals surface area contributed by atoms with E-state index in [9.17, 15) is 9.59 Å². The number of hydrogen-bond donors (Lipinski definition) is 0. The molecule has 2 saturated carbocycles. The standard InChI is InChI=1S/C17H19NO2/c1-9-5-10(2)7-13(6-9)18-16(19)14-11-3-4-12(8-11)15(14)17(18)20/h5-7,11-12,14-15H,3-4,8H2,1-2H3/t11-,12+,14-,15+. The van der Waals surface area contributed by atoms with Gasteiger partial charge in [0.2, 0.25) is 11.8 Å². The Bertz CT molecular complexity index is 573. The molecule has 3 nitrogen and oxygen atoms in total. The van der Waals surface area contributed by atoms with Crippen molar-refractivity contribution in [3.63, 3.8) is 0 Å². The van der Waals surface area contributed by atoms with Gasteiger partial charge in [-0.05, 0) is 68.2 Å². The predicted octanol–water partition coefficient (Wildman–Crippen LogP) is 2.84. The van der Waals surface area contributed by atoms with Crippen LogP contribution in [0, 0.1) is 37.5 Å². The number of imide groups is 1. The Labute approximate surface area is 119 Å². The Balaban J connectivity index is 1.76. The number of benzene rings is 1. The molecule has 1 aromatic carbocycles. The lowest BCUT2D eigenvalue weighted by Crippen LogP contribution is -2.32. The second kappa shape index (κ2) is 3.94. The maximum absolute atomic E-state index is 12.7. The average molecular weight is 269 g/mol. The first-order valence-corrected chi connectivity index (χ1v) is 7.52. The van der Waals surface area contributed by atoms with E-state index in [2.05, 4.69) is 6.07 Å². The summed E-state index contributed by atoms with van der Waals surface area (Å²) in [6, 6.07) is 5.97. The second-order valence-corrected chi connectivity index (χ2v) is 6.74. The van der Waals surface area contributed by atoms with Crippen LogP contribution in [0.5, 0.6) is 0 Å². The highest BCUT2D eigenvalue weighted by Gasteiger charge is 2.61. The number of fused-ring (bicyclic) bond motifs is 5. The van der Waals surface area contributed by atoms with Gasteiger partial charge in [-0.1, -0.05) is 6.07 Å². The zero-order valence-electron chi connectivity index (χ0n) is 11.9. The van der Waals surface area contributed by atoms with E-state index in [-0.39, 0.29) is 23.7 Å². The summed E-state index contributed by atoms with van der Waals surface area (Å²) in [5.74, 6) is 0.966. The minimum atomic E-state index is -0.0259. The third-order valence-electron chi connectivity index (χ3n) is 5.39. The lowest BCUT2D eigenvalue weighted by atomic mass is 9.81. The number of aryl methyl sites for hydroxylation is 2. The molecule has 104 valence electrons. The molecule has 4 rings (SSSR count). The lowest BCUT2D eigenvalue weighted by Gasteiger charge is -2.19. The van der Waals surface area contributed by atoms with Gasteiger partial charge < -0.3 is 0 Å². The largest absolute Gasteiger partial charge is 0.274 e. The molecule has 4 atom stereocenters. The summed E-state index contributed by atoms with van der Waals surface area (Å²) < 4.78 is 0. The van der Waals surface area contributed by atoms with Crippen LogP contribution in [0.2, 0.25) is 0 Å². The van der Waals surface area contributed by atoms with Crippen molar-refractivity contribution < 1.29 is 9.59 Å². The Kier molecular flexibility index (Phi) is 2.39. The highest BCUT2D eigenvalue weighted by molar-refractivity contribution is 6.22. The highest BCUT2D eigenvalue weighted by atomic mass is 16.2. The van der Waals surface area contributed by atoms with Crippen LogP contribution in [-0.4, -0.2) is 11.8 Å². The molecule has 20 heavy (non-hydrogen) atoms. The fraction of sp³-hybridized carbons (Fsp3) is 0.529. The Morgan fingerprint density at radius 3 is 1.90 bits per heavy atom. The van der Waals surface area contributed by atoms with Gasteiger partial charge in [0, 0.05) is 0 Å². The van der Waals surface area contributed by atoms with Crippen LogP contribution in [-0.2, 0) is 9.59 Å². The van der Waals surface area contributed by atoms with E-state index in [1.807, 2.05) is 26.0 Å². The van der Waals surface area contributed by atoms with Gasteiger partial charge in [0.1, 0.15) is 0 Å². The van der Waals surface area contributed by atoms with Crippen molar-refractivity contribution in [2.75, 3.05) is 4.90 Å². The maximum atomic E-state index is 12.7. The summed E-state index contributed by atoms with van der Waals surface area (Å²) in [4.78, 5) is 26.9. The zero-order chi connectivity index (χ0) is 14.0. The molecule has 1 heterocycles. The van der Waals surface area contributed by atoms with Crippen molar-refractivity contribution in [2.45, 2.75) is 33.1 Å². The van der Waals surface area contributed by atoms with Crippen LogP contribution in [0.1, 0.15) is 30.4 Å². The number of anilines is 1. The van der Waals surface area contributed by atoms with Crippen LogP contribution in [0.4, 0.5) is 5.69 Å². The summed E-state index contributed by atoms with van der Waals surface area (Å²) in [7, 11) is 0. The molecule has 0 spiro atoms. The molecule has 0 N–H and O–H groups in total. The van der Waals surface area contributed by atoms with E-state index in [1.54, 1.807) is 0 Å². The molecule has 1 aromatic rings. The molecule has 0 radical (unpaired) electrons. The number of hydrogen-bond acceptors (Lipinski definition) is 2. The topological polar surface area (TPSA) is 37.4 Å². The minimum absolute atomic E-state index is 0.0259. The fourth-order valence-electron chi connectivity index (χ4n) is 4.74. The van der Waals surface area contributed by atoms with Crippen LogP contribution in [0.25, 0.3) is 0 Å². The number of carbonyl (C=O) groups is 2. The third-order valence-corrected chi connectivity index (χ3v) is 5.39. The van der Waals surface area contributed by atoms with Crippen molar-refractivity contribution >= 4 is 17.5 Å². The van der Waals surface area contributed by atoms with Crippen molar-refractivity contribution in [1.82, 2.24) is 0 Å². The predicted molar refractivity (Wildman–Crippen MR) is 76.2 cm³/mol. The molecular weight excluding hydrogens is 250 g/mol. The fourth-order valence-corrected chi connectivity index (χ4v) is 4.74. The van der Waals surface area contributed by atoms with Crippen LogP contribution in [0.15, 0.2) is 18.2 Å². The highest BCUT2D eigenvalue weighted by Crippen LogP contribution is 2.56. The summed E-state index contributed by atoms with van der Waals surface area (Å²) in [5.41, 5.74) is 2.97. The van der Waals surface area contributed by atoms with Gasteiger partial charge in [-0.25, -0.2) is 0 Å². The van der Waals surface area contributed by atoms with Gasteiger partial charge >= 0.3 is 0 Å². The van der Waals surface area contributed by atoms with Gasteiger partial charge in [0.25, 0.3) is 0 Å². The molecule has 2 aliphatic carbocycles. The Hall–Kier alpha value is -1.64. The van der Waals surface area contributed by atoms with Crippen molar-refractivity contribution in [3.8, 4) is 0 Å². The first kappa shape index (κ1) is 12.1. The molecule has 3 fully saturated rings. The van der Waals surface area contributed by atoms with E-state index >= 15 is 0 Å². The zero-order valence-corrected chi connectivity index (χ0v) is 11.9. The van der Waals surface area contributed by atoms with Gasteiger partial charge in [0.05, 0.1) is 17.5 Å². The smallest absolute Gasteiger partial charge is 0.237 e. The van der Waals surface area contributed by atoms with E-state index in [0.717, 1.165) is 36.1 Å². The first-order valence-electron chi connectivity index (χ1n) is 7.52. The molecular formula is C17H19NO2. The summed E-state index contributed by atoms with van der Waals surface area (Å²) in [5, 5.41) is 0. The summed E-state index contributed by atoms with van der Waals surface area (Å²) >= 11 is 0. The van der Waals surface area contributed by atoms with Crippen LogP contribution >= 0.6 is 0 Å². The van der Waals surface area contributed by atoms with Crippen LogP contribution in [0.3, 0.4) is 0 Å². The van der Waals surface area contributed by atoms with E-state index in [0.29, 0.717) is 11.8 Å². The molecule has 3 heteroatoms. The molecule has 0 unspecified atom stereocenters. The quantitative estimate of drug-likeness (QED) is 0.735. The number of amides is 2. The molecule has 3 aliphatic rings. The minimum Gasteiger partial charge on any atom is -0.274 e. The molecule has 2 amide bonds. The average Bonchev–Trinajstić information content (AvgIpc) is 3.02. The van der Waals surface area contributed by atoms with Gasteiger partial charge in [0.15, 0.2) is 0 Å². The summed E-state index contributed by atoms with van der Waals surface area (Å²) in [6.45, 7) is 4.01. The maximum Gasteiger partial charge on any atom is 0.237 e. The third kappa shape index (κ3) is 1.46. The normalized spacial score (nSPS) is 35.0. The van der Waals surface area contributed by atoms with E-state index in [1.165, 1.54) is 4.90 Å². The monoisotopic (exact) mass is 269 g/mol. The van der Waals surface area contributed by atoms with Crippen LogP contribution < -0.4 is 4.90 Å². The Morgan fingerprint density at radius 2 is 1.40 bits per heavy atom. The first-order chi connectivity index (χ1) is 9.56. The van der Waals surface area contributed by atoms with Crippen molar-refractivity contribution in [1.29, 1.82) is 0 Å².